The van der Waals surface area contributed by atoms with E-state index in [1.54, 1.807) is 6.08 Å². The van der Waals surface area contributed by atoms with Crippen molar-refractivity contribution in [3.8, 4) is 17.4 Å². The first-order valence-electron chi connectivity index (χ1n) is 12.6. The third kappa shape index (κ3) is 6.54. The molecule has 0 amide bonds. The average Bonchev–Trinajstić information content (AvgIpc) is 3.36. The third-order valence-corrected chi connectivity index (χ3v) is 7.58. The number of fused-ring (bicyclic) bond motifs is 1. The number of rotatable bonds is 7. The van der Waals surface area contributed by atoms with Crippen molar-refractivity contribution in [3.63, 3.8) is 0 Å². The van der Waals surface area contributed by atoms with Crippen LogP contribution in [0.15, 0.2) is 57.9 Å². The number of allylic oxidation sites excluding steroid dienone is 1. The molecule has 3 unspecified atom stereocenters. The molecule has 37 heavy (non-hydrogen) atoms. The summed E-state index contributed by atoms with van der Waals surface area (Å²) >= 11 is 1.17. The minimum Gasteiger partial charge on any atom is -0.457 e. The second kappa shape index (κ2) is 11.7. The quantitative estimate of drug-likeness (QED) is 0.317. The zero-order chi connectivity index (χ0) is 25.8. The molecule has 0 saturated carbocycles. The largest absolute Gasteiger partial charge is 0.457 e. The molecule has 2 saturated heterocycles. The van der Waals surface area contributed by atoms with Crippen molar-refractivity contribution in [3.05, 3.63) is 59.2 Å². The molecule has 0 radical (unpaired) electrons. The number of benzene rings is 2. The van der Waals surface area contributed by atoms with Gasteiger partial charge in [-0.1, -0.05) is 18.2 Å². The van der Waals surface area contributed by atoms with E-state index in [2.05, 4.69) is 64.0 Å². The second-order valence-electron chi connectivity index (χ2n) is 9.65. The van der Waals surface area contributed by atoms with E-state index in [-0.39, 0.29) is 12.5 Å². The molecule has 8 nitrogen and oxygen atoms in total. The van der Waals surface area contributed by atoms with Crippen LogP contribution in [0.5, 0.6) is 0 Å². The van der Waals surface area contributed by atoms with Gasteiger partial charge in [0.05, 0.1) is 12.2 Å². The SMILES string of the molecule is CN1CCN(c2ccc3cc(-c4ccc(/C=C(\C#N)SNCC5CC(O)CC(O)O5)o4)ccc3c2)CC1. The van der Waals surface area contributed by atoms with Crippen molar-refractivity contribution in [1.82, 2.24) is 9.62 Å². The van der Waals surface area contributed by atoms with Crippen LogP contribution in [0, 0.1) is 11.3 Å². The van der Waals surface area contributed by atoms with E-state index in [0.29, 0.717) is 23.6 Å². The molecule has 3 atom stereocenters. The van der Waals surface area contributed by atoms with Crippen molar-refractivity contribution < 1.29 is 19.4 Å². The maximum atomic E-state index is 9.77. The fourth-order valence-corrected chi connectivity index (χ4v) is 5.40. The van der Waals surface area contributed by atoms with Crippen LogP contribution >= 0.6 is 11.9 Å². The molecule has 0 aliphatic carbocycles. The summed E-state index contributed by atoms with van der Waals surface area (Å²) in [5.41, 5.74) is 2.24. The number of aliphatic hydroxyl groups excluding tert-OH is 2. The van der Waals surface area contributed by atoms with E-state index in [9.17, 15) is 15.5 Å². The minimum atomic E-state index is -0.956. The molecule has 0 bridgehead atoms. The highest BCUT2D eigenvalue weighted by Crippen LogP contribution is 2.30. The van der Waals surface area contributed by atoms with Crippen LogP contribution in [0.1, 0.15) is 18.6 Å². The summed E-state index contributed by atoms with van der Waals surface area (Å²) in [6.07, 6.45) is 0.510. The Morgan fingerprint density at radius 1 is 1.08 bits per heavy atom. The Balaban J connectivity index is 1.22. The zero-order valence-electron chi connectivity index (χ0n) is 20.8. The van der Waals surface area contributed by atoms with Gasteiger partial charge in [-0.25, -0.2) is 0 Å². The fraction of sp³-hybridized carbons (Fsp3) is 0.393. The third-order valence-electron chi connectivity index (χ3n) is 6.84. The van der Waals surface area contributed by atoms with Crippen molar-refractivity contribution in [2.45, 2.75) is 31.3 Å². The first kappa shape index (κ1) is 25.8. The van der Waals surface area contributed by atoms with Crippen LogP contribution in [-0.2, 0) is 4.74 Å². The molecule has 2 fully saturated rings. The molecular formula is C28H32N4O4S. The van der Waals surface area contributed by atoms with Gasteiger partial charge in [0, 0.05) is 62.9 Å². The fourth-order valence-electron chi connectivity index (χ4n) is 4.76. The first-order valence-corrected chi connectivity index (χ1v) is 13.4. The van der Waals surface area contributed by atoms with Gasteiger partial charge in [0.2, 0.25) is 0 Å². The lowest BCUT2D eigenvalue weighted by atomic mass is 10.0. The van der Waals surface area contributed by atoms with Gasteiger partial charge in [-0.05, 0) is 60.1 Å². The molecule has 5 rings (SSSR count). The summed E-state index contributed by atoms with van der Waals surface area (Å²) in [6.45, 7) is 4.65. The lowest BCUT2D eigenvalue weighted by molar-refractivity contribution is -0.186. The average molecular weight is 521 g/mol. The Labute approximate surface area is 221 Å². The molecule has 2 aliphatic heterocycles. The van der Waals surface area contributed by atoms with Gasteiger partial charge >= 0.3 is 0 Å². The molecule has 2 aliphatic rings. The highest BCUT2D eigenvalue weighted by Gasteiger charge is 2.26. The van der Waals surface area contributed by atoms with E-state index in [1.165, 1.54) is 23.0 Å². The Kier molecular flexibility index (Phi) is 8.15. The smallest absolute Gasteiger partial charge is 0.157 e. The van der Waals surface area contributed by atoms with Crippen LogP contribution in [0.2, 0.25) is 0 Å². The molecule has 3 N–H and O–H groups in total. The summed E-state index contributed by atoms with van der Waals surface area (Å²) < 4.78 is 14.5. The van der Waals surface area contributed by atoms with Crippen LogP contribution in [0.25, 0.3) is 28.2 Å². The highest BCUT2D eigenvalue weighted by atomic mass is 32.2. The first-order chi connectivity index (χ1) is 18.0. The normalized spacial score (nSPS) is 23.4. The van der Waals surface area contributed by atoms with Gasteiger partial charge in [0.25, 0.3) is 0 Å². The molecule has 0 spiro atoms. The van der Waals surface area contributed by atoms with Crippen molar-refractivity contribution in [2.24, 2.45) is 0 Å². The molecule has 194 valence electrons. The molecule has 1 aromatic heterocycles. The van der Waals surface area contributed by atoms with Crippen molar-refractivity contribution >= 4 is 34.5 Å². The van der Waals surface area contributed by atoms with Crippen LogP contribution in [0.4, 0.5) is 5.69 Å². The van der Waals surface area contributed by atoms with Gasteiger partial charge in [-0.3, -0.25) is 4.72 Å². The Morgan fingerprint density at radius 3 is 2.65 bits per heavy atom. The number of ether oxygens (including phenoxy) is 1. The van der Waals surface area contributed by atoms with E-state index in [0.717, 1.165) is 42.9 Å². The number of nitrogens with zero attached hydrogens (tertiary/aromatic N) is 3. The Hall–Kier alpha value is -2.84. The van der Waals surface area contributed by atoms with Gasteiger partial charge in [0.15, 0.2) is 6.29 Å². The van der Waals surface area contributed by atoms with Gasteiger partial charge in [0.1, 0.15) is 22.5 Å². The highest BCUT2D eigenvalue weighted by molar-refractivity contribution is 8.01. The van der Waals surface area contributed by atoms with E-state index >= 15 is 0 Å². The van der Waals surface area contributed by atoms with Crippen molar-refractivity contribution in [2.75, 3.05) is 44.7 Å². The maximum absolute atomic E-state index is 9.77. The van der Waals surface area contributed by atoms with Gasteiger partial charge in [-0.2, -0.15) is 5.26 Å². The standard InChI is InChI=1S/C28H32N4O4S/c1-31-8-10-32(11-9-31)22-5-4-19-12-21(3-2-20(19)13-22)27-7-6-24(35-27)16-26(17-29)37-30-18-25-14-23(33)15-28(34)36-25/h2-7,12-13,16,23,25,28,30,33-34H,8-11,14-15,18H2,1H3/b26-16+. The number of furan rings is 1. The number of likely N-dealkylation sites (N-methyl/N-ethyl adjacent to an activating group) is 1. The number of hydrogen-bond donors (Lipinski definition) is 3. The summed E-state index contributed by atoms with van der Waals surface area (Å²) in [5.74, 6) is 1.33. The predicted octanol–water partition coefficient (Wildman–Crippen LogP) is 3.81. The van der Waals surface area contributed by atoms with Gasteiger partial charge < -0.3 is 29.2 Å². The summed E-state index contributed by atoms with van der Waals surface area (Å²) in [5, 5.41) is 31.3. The Bertz CT molecular complexity index is 1280. The number of nitrogens with one attached hydrogen (secondary N) is 1. The number of anilines is 1. The minimum absolute atomic E-state index is 0.225. The van der Waals surface area contributed by atoms with Crippen LogP contribution < -0.4 is 9.62 Å². The molecule has 2 aromatic carbocycles. The van der Waals surface area contributed by atoms with Crippen LogP contribution in [0.3, 0.4) is 0 Å². The topological polar surface area (TPSA) is 105 Å². The molecule has 3 heterocycles. The van der Waals surface area contributed by atoms with Crippen LogP contribution in [-0.4, -0.2) is 73.4 Å². The Morgan fingerprint density at radius 2 is 1.86 bits per heavy atom. The molecule has 3 aromatic rings. The van der Waals surface area contributed by atoms with E-state index < -0.39 is 12.4 Å². The van der Waals surface area contributed by atoms with E-state index in [1.807, 2.05) is 12.1 Å². The monoisotopic (exact) mass is 520 g/mol. The summed E-state index contributed by atoms with van der Waals surface area (Å²) in [7, 11) is 2.17. The van der Waals surface area contributed by atoms with Gasteiger partial charge in [-0.15, -0.1) is 0 Å². The maximum Gasteiger partial charge on any atom is 0.157 e. The lowest BCUT2D eigenvalue weighted by Gasteiger charge is -2.34. The zero-order valence-corrected chi connectivity index (χ0v) is 21.7. The number of hydrogen-bond acceptors (Lipinski definition) is 9. The number of aliphatic hydroxyl groups is 2. The number of piperazine rings is 1. The van der Waals surface area contributed by atoms with Crippen molar-refractivity contribution in [1.29, 1.82) is 5.26 Å². The molecule has 9 heteroatoms. The summed E-state index contributed by atoms with van der Waals surface area (Å²) in [6, 6.07) is 18.9. The second-order valence-corrected chi connectivity index (χ2v) is 10.6. The lowest BCUT2D eigenvalue weighted by Crippen LogP contribution is -2.44. The molecular weight excluding hydrogens is 488 g/mol. The summed E-state index contributed by atoms with van der Waals surface area (Å²) in [4.78, 5) is 5.23. The predicted molar refractivity (Wildman–Crippen MR) is 147 cm³/mol. The number of nitriles is 1. The van der Waals surface area contributed by atoms with E-state index in [4.69, 9.17) is 9.15 Å².